The number of hydrogen-bond donors (Lipinski definition) is 2. The molecule has 2 aliphatic rings. The largest absolute Gasteiger partial charge is 0.385 e. The number of rotatable bonds is 8. The van der Waals surface area contributed by atoms with Gasteiger partial charge < -0.3 is 15.4 Å². The SMILES string of the molecule is CCS(=O)C1CCCC(NC(=NC)NCC2(CCOC)CCC2)C1.I. The second-order valence-electron chi connectivity index (χ2n) is 7.32. The minimum Gasteiger partial charge on any atom is -0.385 e. The van der Waals surface area contributed by atoms with Crippen LogP contribution in [0.3, 0.4) is 0 Å². The molecule has 2 fully saturated rings. The van der Waals surface area contributed by atoms with Gasteiger partial charge in [0, 0.05) is 55.2 Å². The molecule has 148 valence electrons. The maximum Gasteiger partial charge on any atom is 0.191 e. The van der Waals surface area contributed by atoms with E-state index in [1.54, 1.807) is 7.11 Å². The Bertz CT molecular complexity index is 444. The van der Waals surface area contributed by atoms with Gasteiger partial charge in [-0.2, -0.15) is 0 Å². The lowest BCUT2D eigenvalue weighted by Gasteiger charge is -2.42. The van der Waals surface area contributed by atoms with E-state index in [1.165, 1.54) is 19.3 Å². The number of guanidine groups is 1. The summed E-state index contributed by atoms with van der Waals surface area (Å²) in [6.07, 6.45) is 9.40. The van der Waals surface area contributed by atoms with E-state index in [0.717, 1.165) is 57.0 Å². The second kappa shape index (κ2) is 11.7. The standard InChI is InChI=1S/C18H35N3O2S.HI/c1-4-24(22)16-8-5-7-15(13-16)21-17(19-2)20-14-18(9-6-10-18)11-12-23-3;/h15-16H,4-14H2,1-3H3,(H2,19,20,21);1H. The summed E-state index contributed by atoms with van der Waals surface area (Å²) < 4.78 is 17.4. The number of aliphatic imine (C=N–C) groups is 1. The first kappa shape index (κ1) is 23.1. The van der Waals surface area contributed by atoms with Crippen molar-refractivity contribution < 1.29 is 8.95 Å². The number of ether oxygens (including phenoxy) is 1. The summed E-state index contributed by atoms with van der Waals surface area (Å²) in [5.41, 5.74) is 0.381. The zero-order valence-electron chi connectivity index (χ0n) is 16.0. The van der Waals surface area contributed by atoms with Crippen molar-refractivity contribution in [3.8, 4) is 0 Å². The van der Waals surface area contributed by atoms with Gasteiger partial charge in [-0.15, -0.1) is 24.0 Å². The Balaban J connectivity index is 0.00000312. The lowest BCUT2D eigenvalue weighted by molar-refractivity contribution is 0.0732. The zero-order chi connectivity index (χ0) is 17.4. The van der Waals surface area contributed by atoms with Crippen LogP contribution >= 0.6 is 24.0 Å². The molecule has 0 bridgehead atoms. The molecule has 0 aromatic heterocycles. The van der Waals surface area contributed by atoms with Crippen molar-refractivity contribution in [1.82, 2.24) is 10.6 Å². The van der Waals surface area contributed by atoms with Gasteiger partial charge in [-0.25, -0.2) is 0 Å². The third-order valence-corrected chi connectivity index (χ3v) is 7.47. The van der Waals surface area contributed by atoms with Crippen LogP contribution in [0.4, 0.5) is 0 Å². The fourth-order valence-corrected chi connectivity index (χ4v) is 5.27. The van der Waals surface area contributed by atoms with Crippen LogP contribution < -0.4 is 10.6 Å². The molecule has 2 saturated carbocycles. The summed E-state index contributed by atoms with van der Waals surface area (Å²) >= 11 is 0. The van der Waals surface area contributed by atoms with Crippen molar-refractivity contribution in [2.24, 2.45) is 10.4 Å². The van der Waals surface area contributed by atoms with E-state index in [1.807, 2.05) is 14.0 Å². The van der Waals surface area contributed by atoms with Gasteiger partial charge in [-0.05, 0) is 43.9 Å². The van der Waals surface area contributed by atoms with Gasteiger partial charge in [-0.3, -0.25) is 9.20 Å². The molecule has 0 spiro atoms. The van der Waals surface area contributed by atoms with Crippen LogP contribution in [0.5, 0.6) is 0 Å². The van der Waals surface area contributed by atoms with E-state index in [4.69, 9.17) is 4.74 Å². The summed E-state index contributed by atoms with van der Waals surface area (Å²) in [6, 6.07) is 0.391. The van der Waals surface area contributed by atoms with E-state index in [9.17, 15) is 4.21 Å². The van der Waals surface area contributed by atoms with E-state index < -0.39 is 10.8 Å². The second-order valence-corrected chi connectivity index (χ2v) is 9.33. The molecule has 3 atom stereocenters. The van der Waals surface area contributed by atoms with Gasteiger partial charge in [0.2, 0.25) is 0 Å². The fourth-order valence-electron chi connectivity index (χ4n) is 3.92. The van der Waals surface area contributed by atoms with Gasteiger partial charge >= 0.3 is 0 Å². The quantitative estimate of drug-likeness (QED) is 0.315. The number of nitrogens with one attached hydrogen (secondary N) is 2. The average Bonchev–Trinajstić information content (AvgIpc) is 2.58. The molecule has 2 N–H and O–H groups in total. The van der Waals surface area contributed by atoms with Crippen molar-refractivity contribution >= 4 is 40.7 Å². The highest BCUT2D eigenvalue weighted by Crippen LogP contribution is 2.43. The van der Waals surface area contributed by atoms with Gasteiger partial charge in [0.05, 0.1) is 0 Å². The van der Waals surface area contributed by atoms with Crippen molar-refractivity contribution in [2.75, 3.05) is 33.1 Å². The van der Waals surface area contributed by atoms with Crippen LogP contribution in [0.2, 0.25) is 0 Å². The minimum absolute atomic E-state index is 0. The first-order valence-corrected chi connectivity index (χ1v) is 10.8. The highest BCUT2D eigenvalue weighted by atomic mass is 127. The van der Waals surface area contributed by atoms with Crippen molar-refractivity contribution in [2.45, 2.75) is 69.6 Å². The monoisotopic (exact) mass is 485 g/mol. The van der Waals surface area contributed by atoms with Crippen molar-refractivity contribution in [3.05, 3.63) is 0 Å². The molecule has 0 radical (unpaired) electrons. The third-order valence-electron chi connectivity index (χ3n) is 5.73. The van der Waals surface area contributed by atoms with Gasteiger partial charge in [0.25, 0.3) is 0 Å². The summed E-state index contributed by atoms with van der Waals surface area (Å²) in [6.45, 7) is 3.82. The molecular formula is C18H36IN3O2S. The van der Waals surface area contributed by atoms with Crippen molar-refractivity contribution in [3.63, 3.8) is 0 Å². The van der Waals surface area contributed by atoms with Crippen LogP contribution in [0.1, 0.15) is 58.3 Å². The first-order chi connectivity index (χ1) is 11.6. The first-order valence-electron chi connectivity index (χ1n) is 9.46. The Morgan fingerprint density at radius 3 is 2.64 bits per heavy atom. The Hall–Kier alpha value is 0.110. The topological polar surface area (TPSA) is 62.7 Å². The van der Waals surface area contributed by atoms with Crippen LogP contribution in [0, 0.1) is 5.41 Å². The summed E-state index contributed by atoms with van der Waals surface area (Å²) in [5, 5.41) is 7.44. The Morgan fingerprint density at radius 2 is 2.08 bits per heavy atom. The van der Waals surface area contributed by atoms with Gasteiger partial charge in [0.15, 0.2) is 5.96 Å². The molecule has 0 amide bonds. The van der Waals surface area contributed by atoms with E-state index in [2.05, 4.69) is 15.6 Å². The number of methoxy groups -OCH3 is 1. The predicted molar refractivity (Wildman–Crippen MR) is 117 cm³/mol. The van der Waals surface area contributed by atoms with Crippen molar-refractivity contribution in [1.29, 1.82) is 0 Å². The molecule has 3 unspecified atom stereocenters. The maximum absolute atomic E-state index is 12.1. The normalized spacial score (nSPS) is 26.9. The summed E-state index contributed by atoms with van der Waals surface area (Å²) in [7, 11) is 2.93. The van der Waals surface area contributed by atoms with Crippen LogP contribution in [-0.2, 0) is 15.5 Å². The highest BCUT2D eigenvalue weighted by molar-refractivity contribution is 14.0. The molecule has 0 aliphatic heterocycles. The molecule has 2 aliphatic carbocycles. The maximum atomic E-state index is 12.1. The van der Waals surface area contributed by atoms with E-state index >= 15 is 0 Å². The molecule has 0 heterocycles. The molecular weight excluding hydrogens is 449 g/mol. The van der Waals surface area contributed by atoms with E-state index in [-0.39, 0.29) is 24.0 Å². The number of nitrogens with zero attached hydrogens (tertiary/aromatic N) is 1. The molecule has 0 saturated heterocycles. The summed E-state index contributed by atoms with van der Waals surface area (Å²) in [5.74, 6) is 1.67. The predicted octanol–water partition coefficient (Wildman–Crippen LogP) is 3.06. The molecule has 7 heteroatoms. The molecule has 2 rings (SSSR count). The van der Waals surface area contributed by atoms with E-state index in [0.29, 0.717) is 16.7 Å². The van der Waals surface area contributed by atoms with Crippen LogP contribution in [0.25, 0.3) is 0 Å². The highest BCUT2D eigenvalue weighted by Gasteiger charge is 2.36. The molecule has 25 heavy (non-hydrogen) atoms. The van der Waals surface area contributed by atoms with Crippen LogP contribution in [-0.4, -0.2) is 54.5 Å². The Labute approximate surface area is 173 Å². The van der Waals surface area contributed by atoms with Gasteiger partial charge in [-0.1, -0.05) is 19.8 Å². The fraction of sp³-hybridized carbons (Fsp3) is 0.944. The lowest BCUT2D eigenvalue weighted by Crippen LogP contribution is -2.50. The molecule has 0 aromatic carbocycles. The van der Waals surface area contributed by atoms with Gasteiger partial charge in [0.1, 0.15) is 0 Å². The number of halogens is 1. The molecule has 5 nitrogen and oxygen atoms in total. The minimum atomic E-state index is -0.679. The smallest absolute Gasteiger partial charge is 0.191 e. The Kier molecular flexibility index (Phi) is 10.9. The molecule has 0 aromatic rings. The zero-order valence-corrected chi connectivity index (χ0v) is 19.2. The number of hydrogen-bond acceptors (Lipinski definition) is 3. The van der Waals surface area contributed by atoms with Crippen LogP contribution in [0.15, 0.2) is 4.99 Å². The lowest BCUT2D eigenvalue weighted by atomic mass is 9.67. The summed E-state index contributed by atoms with van der Waals surface area (Å²) in [4.78, 5) is 4.40. The Morgan fingerprint density at radius 1 is 1.32 bits per heavy atom. The third kappa shape index (κ3) is 6.97. The average molecular weight is 485 g/mol.